The molecule has 0 saturated heterocycles. The van der Waals surface area contributed by atoms with Crippen LogP contribution < -0.4 is 5.32 Å². The molecule has 0 unspecified atom stereocenters. The van der Waals surface area contributed by atoms with Gasteiger partial charge in [0.2, 0.25) is 0 Å². The van der Waals surface area contributed by atoms with E-state index in [1.807, 2.05) is 6.07 Å². The molecule has 6 nitrogen and oxygen atoms in total. The Morgan fingerprint density at radius 2 is 1.97 bits per heavy atom. The van der Waals surface area contributed by atoms with Crippen LogP contribution in [-0.4, -0.2) is 25.1 Å². The fourth-order valence-corrected chi connectivity index (χ4v) is 3.86. The van der Waals surface area contributed by atoms with Crippen LogP contribution in [-0.2, 0) is 20.9 Å². The van der Waals surface area contributed by atoms with Crippen molar-refractivity contribution in [3.05, 3.63) is 64.3 Å². The smallest absolute Gasteiger partial charge is 0.349 e. The molecule has 1 atom stereocenters. The van der Waals surface area contributed by atoms with E-state index in [2.05, 4.69) is 5.32 Å². The highest BCUT2D eigenvalue weighted by Gasteiger charge is 2.25. The molecule has 0 aliphatic heterocycles. The van der Waals surface area contributed by atoms with E-state index in [-0.39, 0.29) is 11.5 Å². The maximum atomic E-state index is 14.2. The number of nitrogens with zero attached hydrogens (tertiary/aromatic N) is 1. The van der Waals surface area contributed by atoms with Crippen molar-refractivity contribution in [1.29, 1.82) is 5.26 Å². The molecule has 2 aromatic carbocycles. The van der Waals surface area contributed by atoms with Gasteiger partial charge in [0.25, 0.3) is 5.91 Å². The van der Waals surface area contributed by atoms with E-state index in [1.165, 1.54) is 20.1 Å². The van der Waals surface area contributed by atoms with Crippen molar-refractivity contribution in [2.24, 2.45) is 0 Å². The number of anilines is 1. The van der Waals surface area contributed by atoms with Crippen molar-refractivity contribution < 1.29 is 23.5 Å². The molecule has 1 heterocycles. The number of hydrogen-bond donors (Lipinski definition) is 1. The number of fused-ring (bicyclic) bond motifs is 1. The minimum absolute atomic E-state index is 0.0389. The van der Waals surface area contributed by atoms with Gasteiger partial charge in [0.15, 0.2) is 6.10 Å². The molecule has 1 aromatic heterocycles. The number of carbonyl (C=O) groups excluding carboxylic acids is 2. The first kappa shape index (κ1) is 20.5. The van der Waals surface area contributed by atoms with E-state index in [0.29, 0.717) is 26.9 Å². The van der Waals surface area contributed by atoms with Gasteiger partial charge in [-0.15, -0.1) is 11.3 Å². The molecule has 1 N–H and O–H groups in total. The number of amides is 1. The number of nitrogens with one attached hydrogen (secondary N) is 1. The Balaban J connectivity index is 1.76. The summed E-state index contributed by atoms with van der Waals surface area (Å²) in [7, 11) is 1.45. The fourth-order valence-electron chi connectivity index (χ4n) is 2.75. The predicted octanol–water partition coefficient (Wildman–Crippen LogP) is 4.24. The second-order valence-corrected chi connectivity index (χ2v) is 7.23. The molecule has 0 fully saturated rings. The summed E-state index contributed by atoms with van der Waals surface area (Å²) in [6.45, 7) is 1.48. The highest BCUT2D eigenvalue weighted by Crippen LogP contribution is 2.34. The topological polar surface area (TPSA) is 88.4 Å². The van der Waals surface area contributed by atoms with Crippen LogP contribution in [0.3, 0.4) is 0 Å². The summed E-state index contributed by atoms with van der Waals surface area (Å²) in [4.78, 5) is 25.2. The first-order chi connectivity index (χ1) is 13.9. The number of ether oxygens (including phenoxy) is 2. The van der Waals surface area contributed by atoms with E-state index in [1.54, 1.807) is 36.4 Å². The number of thiophene rings is 1. The lowest BCUT2D eigenvalue weighted by Gasteiger charge is -2.13. The first-order valence-corrected chi connectivity index (χ1v) is 9.47. The van der Waals surface area contributed by atoms with E-state index in [9.17, 15) is 14.0 Å². The molecule has 0 aliphatic rings. The number of methoxy groups -OCH3 is 1. The van der Waals surface area contributed by atoms with E-state index < -0.39 is 23.8 Å². The minimum atomic E-state index is -1.08. The van der Waals surface area contributed by atoms with E-state index in [0.717, 1.165) is 11.3 Å². The van der Waals surface area contributed by atoms with Crippen LogP contribution in [0, 0.1) is 17.1 Å². The van der Waals surface area contributed by atoms with E-state index >= 15 is 0 Å². The molecule has 1 amide bonds. The van der Waals surface area contributed by atoms with Gasteiger partial charge in [-0.1, -0.05) is 6.07 Å². The Kier molecular flexibility index (Phi) is 6.22. The van der Waals surface area contributed by atoms with Crippen molar-refractivity contribution in [3.8, 4) is 6.07 Å². The number of carbonyl (C=O) groups is 2. The van der Waals surface area contributed by atoms with Gasteiger partial charge in [0.1, 0.15) is 10.7 Å². The molecule has 0 radical (unpaired) electrons. The van der Waals surface area contributed by atoms with Crippen molar-refractivity contribution in [3.63, 3.8) is 0 Å². The summed E-state index contributed by atoms with van der Waals surface area (Å²) < 4.78 is 25.3. The zero-order chi connectivity index (χ0) is 21.0. The molecule has 148 valence electrons. The normalized spacial score (nSPS) is 11.7. The molecule has 0 aliphatic carbocycles. The maximum absolute atomic E-state index is 14.2. The highest BCUT2D eigenvalue weighted by atomic mass is 32.1. The largest absolute Gasteiger partial charge is 0.448 e. The number of hydrogen-bond acceptors (Lipinski definition) is 6. The molecule has 8 heteroatoms. The number of halogens is 1. The van der Waals surface area contributed by atoms with Gasteiger partial charge in [0, 0.05) is 28.4 Å². The summed E-state index contributed by atoms with van der Waals surface area (Å²) in [5.41, 5.74) is 1.33. The summed E-state index contributed by atoms with van der Waals surface area (Å²) in [5.74, 6) is -1.69. The summed E-state index contributed by atoms with van der Waals surface area (Å²) in [6, 6.07) is 12.9. The van der Waals surface area contributed by atoms with Gasteiger partial charge in [-0.05, 0) is 43.3 Å². The number of esters is 1. The summed E-state index contributed by atoms with van der Waals surface area (Å²) in [6.07, 6.45) is -1.08. The van der Waals surface area contributed by atoms with Gasteiger partial charge in [-0.25, -0.2) is 9.18 Å². The first-order valence-electron chi connectivity index (χ1n) is 8.65. The number of nitriles is 1. The molecule has 29 heavy (non-hydrogen) atoms. The average Bonchev–Trinajstić information content (AvgIpc) is 3.08. The molecule has 0 saturated carbocycles. The second kappa shape index (κ2) is 8.82. The SMILES string of the molecule is COCc1c(C(=O)O[C@H](C)C(=O)Nc2ccc(C#N)cc2)sc2cccc(F)c12. The van der Waals surface area contributed by atoms with Crippen LogP contribution in [0.4, 0.5) is 10.1 Å². The van der Waals surface area contributed by atoms with Gasteiger partial charge in [0.05, 0.1) is 18.2 Å². The molecular formula is C21H17FN2O4S. The fraction of sp³-hybridized carbons (Fsp3) is 0.190. The minimum Gasteiger partial charge on any atom is -0.448 e. The lowest BCUT2D eigenvalue weighted by molar-refractivity contribution is -0.123. The molecule has 0 spiro atoms. The van der Waals surface area contributed by atoms with Crippen LogP contribution in [0.15, 0.2) is 42.5 Å². The molecule has 3 aromatic rings. The van der Waals surface area contributed by atoms with Crippen LogP contribution in [0.5, 0.6) is 0 Å². The Morgan fingerprint density at radius 3 is 2.62 bits per heavy atom. The Hall–Kier alpha value is -3.28. The zero-order valence-electron chi connectivity index (χ0n) is 15.7. The third-order valence-corrected chi connectivity index (χ3v) is 5.35. The third-order valence-electron chi connectivity index (χ3n) is 4.17. The zero-order valence-corrected chi connectivity index (χ0v) is 16.5. The molecular weight excluding hydrogens is 395 g/mol. The van der Waals surface area contributed by atoms with Gasteiger partial charge in [-0.2, -0.15) is 5.26 Å². The monoisotopic (exact) mass is 412 g/mol. The standard InChI is InChI=1S/C21H17FN2O4S/c1-12(20(25)24-14-8-6-13(10-23)7-9-14)28-21(26)19-15(11-27-2)18-16(22)4-3-5-17(18)29-19/h3-9,12H,11H2,1-2H3,(H,24,25)/t12-/m1/s1. The lowest BCUT2D eigenvalue weighted by Crippen LogP contribution is -2.30. The van der Waals surface area contributed by atoms with Crippen LogP contribution >= 0.6 is 11.3 Å². The Labute approximate surface area is 170 Å². The van der Waals surface area contributed by atoms with Crippen molar-refractivity contribution >= 4 is 39.0 Å². The molecule has 0 bridgehead atoms. The van der Waals surface area contributed by atoms with Crippen LogP contribution in [0.1, 0.15) is 27.7 Å². The van der Waals surface area contributed by atoms with Crippen LogP contribution in [0.2, 0.25) is 0 Å². The summed E-state index contributed by atoms with van der Waals surface area (Å²) in [5, 5.41) is 11.7. The van der Waals surface area contributed by atoms with E-state index in [4.69, 9.17) is 14.7 Å². The van der Waals surface area contributed by atoms with Crippen molar-refractivity contribution in [2.75, 3.05) is 12.4 Å². The Morgan fingerprint density at radius 1 is 1.24 bits per heavy atom. The third kappa shape index (κ3) is 4.42. The summed E-state index contributed by atoms with van der Waals surface area (Å²) >= 11 is 1.09. The average molecular weight is 412 g/mol. The highest BCUT2D eigenvalue weighted by molar-refractivity contribution is 7.21. The van der Waals surface area contributed by atoms with Crippen molar-refractivity contribution in [1.82, 2.24) is 0 Å². The second-order valence-electron chi connectivity index (χ2n) is 6.18. The van der Waals surface area contributed by atoms with Gasteiger partial charge >= 0.3 is 5.97 Å². The molecule has 3 rings (SSSR count). The maximum Gasteiger partial charge on any atom is 0.349 e. The van der Waals surface area contributed by atoms with Crippen molar-refractivity contribution in [2.45, 2.75) is 19.6 Å². The van der Waals surface area contributed by atoms with Gasteiger partial charge < -0.3 is 14.8 Å². The number of rotatable bonds is 6. The lowest BCUT2D eigenvalue weighted by atomic mass is 10.1. The Bertz CT molecular complexity index is 1100. The van der Waals surface area contributed by atoms with Crippen LogP contribution in [0.25, 0.3) is 10.1 Å². The number of benzene rings is 2. The van der Waals surface area contributed by atoms with Gasteiger partial charge in [-0.3, -0.25) is 4.79 Å². The predicted molar refractivity (Wildman–Crippen MR) is 107 cm³/mol. The quantitative estimate of drug-likeness (QED) is 0.612.